The van der Waals surface area contributed by atoms with Gasteiger partial charge in [-0.3, -0.25) is 4.79 Å². The second kappa shape index (κ2) is 7.06. The van der Waals surface area contributed by atoms with Gasteiger partial charge in [0.2, 0.25) is 0 Å². The molecule has 1 aromatic rings. The van der Waals surface area contributed by atoms with Crippen LogP contribution in [-0.4, -0.2) is 38.5 Å². The Morgan fingerprint density at radius 1 is 1.50 bits per heavy atom. The molecule has 0 bridgehead atoms. The highest BCUT2D eigenvalue weighted by Crippen LogP contribution is 2.34. The summed E-state index contributed by atoms with van der Waals surface area (Å²) in [6.45, 7) is 0.870. The number of hydrogen-bond acceptors (Lipinski definition) is 5. The van der Waals surface area contributed by atoms with Crippen molar-refractivity contribution < 1.29 is 31.1 Å². The zero-order chi connectivity index (χ0) is 18.1. The first-order chi connectivity index (χ1) is 11.0. The summed E-state index contributed by atoms with van der Waals surface area (Å²) in [7, 11) is -5.44. The largest absolute Gasteiger partial charge is 0.511 e. The van der Waals surface area contributed by atoms with Gasteiger partial charge in [-0.05, 0) is 19.8 Å². The first-order valence-corrected chi connectivity index (χ1v) is 9.49. The van der Waals surface area contributed by atoms with Gasteiger partial charge in [-0.2, -0.15) is 13.2 Å². The van der Waals surface area contributed by atoms with Gasteiger partial charge in [0.25, 0.3) is 5.91 Å². The lowest BCUT2D eigenvalue weighted by atomic mass is 10.3. The Hall–Kier alpha value is -1.04. The summed E-state index contributed by atoms with van der Waals surface area (Å²) in [6.07, 6.45) is 1.82. The molecule has 1 aliphatic carbocycles. The van der Waals surface area contributed by atoms with Crippen LogP contribution >= 0.6 is 22.9 Å². The summed E-state index contributed by atoms with van der Waals surface area (Å²) in [5.74, 6) is -0.348. The maximum absolute atomic E-state index is 12.3. The van der Waals surface area contributed by atoms with Crippen molar-refractivity contribution in [3.63, 3.8) is 0 Å². The summed E-state index contributed by atoms with van der Waals surface area (Å²) in [5, 5.41) is 2.96. The Labute approximate surface area is 145 Å². The van der Waals surface area contributed by atoms with Crippen molar-refractivity contribution in [1.82, 2.24) is 10.0 Å². The molecule has 0 aromatic carbocycles. The van der Waals surface area contributed by atoms with Gasteiger partial charge in [0, 0.05) is 12.1 Å². The van der Waals surface area contributed by atoms with Crippen LogP contribution in [0.2, 0.25) is 4.34 Å². The van der Waals surface area contributed by atoms with Crippen LogP contribution in [0.5, 0.6) is 5.06 Å². The van der Waals surface area contributed by atoms with Crippen molar-refractivity contribution >= 4 is 38.9 Å². The van der Waals surface area contributed by atoms with Crippen LogP contribution in [0.15, 0.2) is 6.07 Å². The van der Waals surface area contributed by atoms with Crippen LogP contribution in [0.25, 0.3) is 0 Å². The van der Waals surface area contributed by atoms with Gasteiger partial charge in [0.15, 0.2) is 5.06 Å². The Balaban J connectivity index is 1.91. The van der Waals surface area contributed by atoms with E-state index in [1.807, 2.05) is 0 Å². The summed E-state index contributed by atoms with van der Waals surface area (Å²) < 4.78 is 65.6. The van der Waals surface area contributed by atoms with E-state index in [1.54, 1.807) is 0 Å². The fourth-order valence-electron chi connectivity index (χ4n) is 1.64. The van der Waals surface area contributed by atoms with Gasteiger partial charge in [-0.25, -0.2) is 13.1 Å². The van der Waals surface area contributed by atoms with E-state index in [0.29, 0.717) is 0 Å². The Kier molecular flexibility index (Phi) is 5.68. The topological polar surface area (TPSA) is 84.5 Å². The number of amides is 1. The maximum atomic E-state index is 12.3. The number of alkyl halides is 3. The van der Waals surface area contributed by atoms with Crippen LogP contribution in [0.3, 0.4) is 0 Å². The summed E-state index contributed by atoms with van der Waals surface area (Å²) in [4.78, 5) is 11.9. The van der Waals surface area contributed by atoms with E-state index in [4.69, 9.17) is 16.3 Å². The Morgan fingerprint density at radius 3 is 2.67 bits per heavy atom. The van der Waals surface area contributed by atoms with Crippen molar-refractivity contribution in [2.45, 2.75) is 37.4 Å². The van der Waals surface area contributed by atoms with Crippen molar-refractivity contribution in [2.75, 3.05) is 6.61 Å². The third kappa shape index (κ3) is 4.98. The molecule has 0 unspecified atom stereocenters. The molecule has 12 heteroatoms. The lowest BCUT2D eigenvalue weighted by Crippen LogP contribution is -2.43. The minimum Gasteiger partial charge on any atom is -0.482 e. The van der Waals surface area contributed by atoms with Gasteiger partial charge < -0.3 is 10.1 Å². The first kappa shape index (κ1) is 19.3. The molecular formula is C12H14ClF3N2O4S2. The molecule has 1 aliphatic rings. The van der Waals surface area contributed by atoms with E-state index < -0.39 is 21.6 Å². The number of carbonyl (C=O) groups is 1. The predicted octanol–water partition coefficient (Wildman–Crippen LogP) is 2.50. The van der Waals surface area contributed by atoms with Crippen LogP contribution in [-0.2, 0) is 10.0 Å². The standard InChI is InChI=1S/C12H14ClF3N2O4S2/c1-6(18-24(20,21)12(14,15)16)5-22-9-4-8(10(13)23-9)11(19)17-7-2-3-7/h4,6-7,18H,2-3,5H2,1H3,(H,17,19)/t6-/m0/s1. The summed E-state index contributed by atoms with van der Waals surface area (Å²) in [5.41, 5.74) is -5.17. The molecule has 0 spiro atoms. The van der Waals surface area contributed by atoms with Gasteiger partial charge in [-0.1, -0.05) is 22.9 Å². The molecular weight excluding hydrogens is 393 g/mol. The average molecular weight is 407 g/mol. The molecule has 1 heterocycles. The van der Waals surface area contributed by atoms with Gasteiger partial charge in [0.05, 0.1) is 11.6 Å². The molecule has 1 saturated carbocycles. The normalized spacial score (nSPS) is 16.7. The number of halogens is 4. The number of thiophene rings is 1. The molecule has 24 heavy (non-hydrogen) atoms. The summed E-state index contributed by atoms with van der Waals surface area (Å²) in [6, 6.07) is 0.395. The molecule has 1 atom stereocenters. The summed E-state index contributed by atoms with van der Waals surface area (Å²) >= 11 is 6.88. The molecule has 2 rings (SSSR count). The minimum atomic E-state index is -5.44. The van der Waals surface area contributed by atoms with E-state index in [0.717, 1.165) is 24.2 Å². The lowest BCUT2D eigenvalue weighted by molar-refractivity contribution is -0.0451. The van der Waals surface area contributed by atoms with E-state index in [1.165, 1.54) is 17.7 Å². The average Bonchev–Trinajstić information content (AvgIpc) is 3.15. The first-order valence-electron chi connectivity index (χ1n) is 6.81. The molecule has 2 N–H and O–H groups in total. The molecule has 0 radical (unpaired) electrons. The fourth-order valence-corrected chi connectivity index (χ4v) is 3.48. The van der Waals surface area contributed by atoms with E-state index in [-0.39, 0.29) is 33.5 Å². The third-order valence-electron chi connectivity index (χ3n) is 2.96. The van der Waals surface area contributed by atoms with Crippen LogP contribution in [0.1, 0.15) is 30.1 Å². The highest BCUT2D eigenvalue weighted by atomic mass is 35.5. The molecule has 1 amide bonds. The number of carbonyl (C=O) groups excluding carboxylic acids is 1. The Morgan fingerprint density at radius 2 is 2.12 bits per heavy atom. The fraction of sp³-hybridized carbons (Fsp3) is 0.583. The van der Waals surface area contributed by atoms with Gasteiger partial charge in [0.1, 0.15) is 10.9 Å². The molecule has 0 aliphatic heterocycles. The van der Waals surface area contributed by atoms with E-state index >= 15 is 0 Å². The minimum absolute atomic E-state index is 0.148. The van der Waals surface area contributed by atoms with Crippen molar-refractivity contribution in [1.29, 1.82) is 0 Å². The second-order valence-corrected chi connectivity index (χ2v) is 8.60. The van der Waals surface area contributed by atoms with Crippen molar-refractivity contribution in [2.24, 2.45) is 0 Å². The molecule has 1 fully saturated rings. The number of hydrogen-bond donors (Lipinski definition) is 2. The predicted molar refractivity (Wildman–Crippen MR) is 82.9 cm³/mol. The monoisotopic (exact) mass is 406 g/mol. The SMILES string of the molecule is C[C@@H](COc1cc(C(=O)NC2CC2)c(Cl)s1)NS(=O)(=O)C(F)(F)F. The number of ether oxygens (including phenoxy) is 1. The van der Waals surface area contributed by atoms with Crippen LogP contribution in [0, 0.1) is 0 Å². The van der Waals surface area contributed by atoms with Crippen LogP contribution < -0.4 is 14.8 Å². The maximum Gasteiger partial charge on any atom is 0.511 e. The Bertz CT molecular complexity index is 716. The highest BCUT2D eigenvalue weighted by molar-refractivity contribution is 7.90. The van der Waals surface area contributed by atoms with Gasteiger partial charge in [-0.15, -0.1) is 0 Å². The number of nitrogens with one attached hydrogen (secondary N) is 2. The lowest BCUT2D eigenvalue weighted by Gasteiger charge is -2.15. The molecule has 1 aromatic heterocycles. The third-order valence-corrected chi connectivity index (χ3v) is 5.55. The quantitative estimate of drug-likeness (QED) is 0.728. The second-order valence-electron chi connectivity index (χ2n) is 5.28. The molecule has 6 nitrogen and oxygen atoms in total. The van der Waals surface area contributed by atoms with Crippen molar-refractivity contribution in [3.05, 3.63) is 16.0 Å². The zero-order valence-corrected chi connectivity index (χ0v) is 14.7. The smallest absolute Gasteiger partial charge is 0.482 e. The highest BCUT2D eigenvalue weighted by Gasteiger charge is 2.46. The zero-order valence-electron chi connectivity index (χ0n) is 12.3. The number of sulfonamides is 1. The van der Waals surface area contributed by atoms with Crippen LogP contribution in [0.4, 0.5) is 13.2 Å². The van der Waals surface area contributed by atoms with Gasteiger partial charge >= 0.3 is 15.5 Å². The number of rotatable bonds is 7. The van der Waals surface area contributed by atoms with E-state index in [9.17, 15) is 26.4 Å². The van der Waals surface area contributed by atoms with E-state index in [2.05, 4.69) is 5.32 Å². The molecule has 136 valence electrons. The van der Waals surface area contributed by atoms with Crippen molar-refractivity contribution in [3.8, 4) is 5.06 Å². The molecule has 0 saturated heterocycles.